The molecule has 3 rings (SSSR count). The summed E-state index contributed by atoms with van der Waals surface area (Å²) in [5.41, 5.74) is 0.754. The largest absolute Gasteiger partial charge is 0.503 e. The van der Waals surface area contributed by atoms with Crippen LogP contribution in [0.2, 0.25) is 0 Å². The van der Waals surface area contributed by atoms with Gasteiger partial charge in [0, 0.05) is 11.5 Å². The van der Waals surface area contributed by atoms with Gasteiger partial charge in [-0.25, -0.2) is 0 Å². The normalized spacial score (nSPS) is 18.2. The topological polar surface area (TPSA) is 70.8 Å². The number of hydrogen-bond donors (Lipinski definition) is 1. The van der Waals surface area contributed by atoms with Crippen LogP contribution in [-0.4, -0.2) is 28.7 Å². The van der Waals surface area contributed by atoms with Crippen molar-refractivity contribution in [3.63, 3.8) is 0 Å². The first-order chi connectivity index (χ1) is 10.5. The fourth-order valence-corrected chi connectivity index (χ4v) is 2.98. The Morgan fingerprint density at radius 1 is 1.32 bits per heavy atom. The van der Waals surface area contributed by atoms with E-state index in [1.54, 1.807) is 19.2 Å². The van der Waals surface area contributed by atoms with E-state index in [0.29, 0.717) is 0 Å². The third-order valence-corrected chi connectivity index (χ3v) is 4.09. The molecule has 6 heteroatoms. The molecule has 5 nitrogen and oxygen atoms in total. The zero-order valence-corrected chi connectivity index (χ0v) is 13.2. The highest BCUT2D eigenvalue weighted by molar-refractivity contribution is 9.10. The molecule has 1 atom stereocenters. The third-order valence-electron chi connectivity index (χ3n) is 3.59. The number of furan rings is 1. The molecule has 0 fully saturated rings. The van der Waals surface area contributed by atoms with E-state index < -0.39 is 23.5 Å². The number of aliphatic hydroxyl groups excluding tert-OH is 1. The molecule has 0 saturated carbocycles. The van der Waals surface area contributed by atoms with E-state index in [9.17, 15) is 14.7 Å². The van der Waals surface area contributed by atoms with Gasteiger partial charge in [-0.3, -0.25) is 9.59 Å². The summed E-state index contributed by atoms with van der Waals surface area (Å²) >= 11 is 3.37. The molecule has 1 unspecified atom stereocenters. The minimum Gasteiger partial charge on any atom is -0.503 e. The highest BCUT2D eigenvalue weighted by Crippen LogP contribution is 2.38. The summed E-state index contributed by atoms with van der Waals surface area (Å²) in [5.74, 6) is -1.52. The molecule has 1 aliphatic heterocycles. The van der Waals surface area contributed by atoms with Gasteiger partial charge in [0.1, 0.15) is 0 Å². The average Bonchev–Trinajstić information content (AvgIpc) is 3.10. The van der Waals surface area contributed by atoms with Crippen LogP contribution in [0.4, 0.5) is 0 Å². The van der Waals surface area contributed by atoms with Gasteiger partial charge in [-0.2, -0.15) is 0 Å². The Hall–Kier alpha value is -2.34. The number of nitrogens with zero attached hydrogens (tertiary/aromatic N) is 1. The van der Waals surface area contributed by atoms with Crippen LogP contribution in [0.3, 0.4) is 0 Å². The van der Waals surface area contributed by atoms with Crippen molar-refractivity contribution >= 4 is 27.6 Å². The molecule has 0 saturated heterocycles. The molecule has 22 heavy (non-hydrogen) atoms. The lowest BCUT2D eigenvalue weighted by molar-refractivity contribution is -0.128. The Morgan fingerprint density at radius 2 is 2.09 bits per heavy atom. The molecule has 1 amide bonds. The lowest BCUT2D eigenvalue weighted by Gasteiger charge is -2.22. The van der Waals surface area contributed by atoms with Crippen molar-refractivity contribution in [2.45, 2.75) is 6.04 Å². The number of hydrogen-bond acceptors (Lipinski definition) is 4. The molecule has 1 aliphatic rings. The minimum atomic E-state index is -0.650. The van der Waals surface area contributed by atoms with Crippen molar-refractivity contribution in [3.8, 4) is 0 Å². The van der Waals surface area contributed by atoms with Gasteiger partial charge in [-0.1, -0.05) is 28.1 Å². The molecular formula is C16H12BrNO4. The highest BCUT2D eigenvalue weighted by atomic mass is 79.9. The van der Waals surface area contributed by atoms with Crippen LogP contribution in [0.5, 0.6) is 0 Å². The molecule has 0 bridgehead atoms. The van der Waals surface area contributed by atoms with Crippen molar-refractivity contribution < 1.29 is 19.1 Å². The van der Waals surface area contributed by atoms with Gasteiger partial charge in [0.25, 0.3) is 5.91 Å². The first-order valence-electron chi connectivity index (χ1n) is 6.54. The highest BCUT2D eigenvalue weighted by Gasteiger charge is 2.42. The van der Waals surface area contributed by atoms with Crippen LogP contribution >= 0.6 is 15.9 Å². The van der Waals surface area contributed by atoms with Crippen molar-refractivity contribution in [3.05, 3.63) is 69.8 Å². The number of halogens is 1. The average molecular weight is 362 g/mol. The summed E-state index contributed by atoms with van der Waals surface area (Å²) in [6.07, 6.45) is 1.37. The van der Waals surface area contributed by atoms with Gasteiger partial charge in [0.2, 0.25) is 5.78 Å². The molecule has 1 aromatic carbocycles. The maximum Gasteiger partial charge on any atom is 0.289 e. The summed E-state index contributed by atoms with van der Waals surface area (Å²) in [6.45, 7) is 0. The molecule has 1 N–H and O–H groups in total. The van der Waals surface area contributed by atoms with Gasteiger partial charge in [-0.15, -0.1) is 0 Å². The maximum atomic E-state index is 12.6. The number of rotatable bonds is 3. The quantitative estimate of drug-likeness (QED) is 0.851. The van der Waals surface area contributed by atoms with Gasteiger partial charge in [-0.05, 0) is 29.8 Å². The minimum absolute atomic E-state index is 0.0283. The lowest BCUT2D eigenvalue weighted by atomic mass is 9.95. The van der Waals surface area contributed by atoms with Gasteiger partial charge >= 0.3 is 0 Å². The second-order valence-electron chi connectivity index (χ2n) is 4.94. The van der Waals surface area contributed by atoms with E-state index in [0.717, 1.165) is 10.0 Å². The van der Waals surface area contributed by atoms with E-state index in [4.69, 9.17) is 4.42 Å². The van der Waals surface area contributed by atoms with Crippen LogP contribution in [0.25, 0.3) is 0 Å². The van der Waals surface area contributed by atoms with Crippen molar-refractivity contribution in [2.75, 3.05) is 7.05 Å². The number of carbonyl (C=O) groups is 2. The van der Waals surface area contributed by atoms with E-state index in [2.05, 4.69) is 15.9 Å². The molecule has 112 valence electrons. The van der Waals surface area contributed by atoms with Crippen LogP contribution in [0.15, 0.2) is 62.9 Å². The monoisotopic (exact) mass is 361 g/mol. The number of carbonyl (C=O) groups excluding carboxylic acids is 2. The number of ketones is 1. The fraction of sp³-hybridized carbons (Fsp3) is 0.125. The van der Waals surface area contributed by atoms with Crippen LogP contribution < -0.4 is 0 Å². The van der Waals surface area contributed by atoms with Gasteiger partial charge in [0.15, 0.2) is 11.5 Å². The Morgan fingerprint density at radius 3 is 2.73 bits per heavy atom. The smallest absolute Gasteiger partial charge is 0.289 e. The van der Waals surface area contributed by atoms with E-state index >= 15 is 0 Å². The first-order valence-corrected chi connectivity index (χ1v) is 7.34. The first kappa shape index (κ1) is 14.6. The second kappa shape index (κ2) is 5.46. The zero-order valence-electron chi connectivity index (χ0n) is 11.6. The Bertz CT molecular complexity index is 779. The molecule has 2 aromatic rings. The summed E-state index contributed by atoms with van der Waals surface area (Å²) < 4.78 is 5.92. The number of likely N-dealkylation sites (N-methyl/N-ethyl adjacent to an activating group) is 1. The Labute approximate surface area is 135 Å². The molecule has 1 aromatic heterocycles. The molecule has 0 radical (unpaired) electrons. The third kappa shape index (κ3) is 2.25. The lowest BCUT2D eigenvalue weighted by Crippen LogP contribution is -2.26. The maximum absolute atomic E-state index is 12.6. The summed E-state index contributed by atoms with van der Waals surface area (Å²) in [5, 5.41) is 10.1. The van der Waals surface area contributed by atoms with E-state index in [-0.39, 0.29) is 11.3 Å². The van der Waals surface area contributed by atoms with Crippen LogP contribution in [-0.2, 0) is 4.79 Å². The summed E-state index contributed by atoms with van der Waals surface area (Å²) in [4.78, 5) is 26.0. The Kier molecular flexibility index (Phi) is 3.62. The summed E-state index contributed by atoms with van der Waals surface area (Å²) in [6, 6.07) is 9.70. The van der Waals surface area contributed by atoms with Crippen molar-refractivity contribution in [2.24, 2.45) is 0 Å². The van der Waals surface area contributed by atoms with Gasteiger partial charge in [0.05, 0.1) is 17.9 Å². The predicted molar refractivity (Wildman–Crippen MR) is 82.3 cm³/mol. The Balaban J connectivity index is 2.11. The second-order valence-corrected chi connectivity index (χ2v) is 5.86. The molecule has 0 spiro atoms. The van der Waals surface area contributed by atoms with Crippen molar-refractivity contribution in [1.82, 2.24) is 4.90 Å². The molecule has 0 aliphatic carbocycles. The number of benzene rings is 1. The van der Waals surface area contributed by atoms with Gasteiger partial charge < -0.3 is 14.4 Å². The standard InChI is InChI=1S/C16H12BrNO4/c1-18-13(9-4-2-5-10(17)8-9)12(15(20)16(18)21)14(19)11-6-3-7-22-11/h2-8,13,20H,1H3. The van der Waals surface area contributed by atoms with Crippen LogP contribution in [0, 0.1) is 0 Å². The zero-order chi connectivity index (χ0) is 15.9. The van der Waals surface area contributed by atoms with E-state index in [1.165, 1.54) is 17.2 Å². The SMILES string of the molecule is CN1C(=O)C(O)=C(C(=O)c2ccco2)C1c1cccc(Br)c1. The van der Waals surface area contributed by atoms with E-state index in [1.807, 2.05) is 18.2 Å². The van der Waals surface area contributed by atoms with Crippen LogP contribution in [0.1, 0.15) is 22.2 Å². The number of aliphatic hydroxyl groups is 1. The molecular weight excluding hydrogens is 350 g/mol. The number of Topliss-reactive ketones (excluding diaryl/α,β-unsaturated/α-hetero) is 1. The fourth-order valence-electron chi connectivity index (χ4n) is 2.56. The summed E-state index contributed by atoms with van der Waals surface area (Å²) in [7, 11) is 1.55. The predicted octanol–water partition coefficient (Wildman–Crippen LogP) is 3.25. The van der Waals surface area contributed by atoms with Crippen molar-refractivity contribution in [1.29, 1.82) is 0 Å². The number of amides is 1. The molecule has 2 heterocycles.